The second-order valence-electron chi connectivity index (χ2n) is 2.71. The van der Waals surface area contributed by atoms with Crippen LogP contribution >= 0.6 is 0 Å². The van der Waals surface area contributed by atoms with Crippen molar-refractivity contribution in [3.05, 3.63) is 35.5 Å². The Labute approximate surface area is 170 Å². The van der Waals surface area contributed by atoms with Gasteiger partial charge in [-0.2, -0.15) is 18.2 Å². The van der Waals surface area contributed by atoms with Gasteiger partial charge in [0.05, 0.1) is 0 Å². The summed E-state index contributed by atoms with van der Waals surface area (Å²) in [6.07, 6.45) is 7.09. The molecule has 0 unspecified atom stereocenters. The van der Waals surface area contributed by atoms with E-state index < -0.39 is 0 Å². The van der Waals surface area contributed by atoms with Gasteiger partial charge >= 0.3 is 0 Å². The van der Waals surface area contributed by atoms with Crippen molar-refractivity contribution in [2.24, 2.45) is 0 Å². The molecule has 0 saturated carbocycles. The molecule has 0 saturated heterocycles. The maximum atomic E-state index is 9.25. The molecule has 3 N–H and O–H groups in total. The molecular weight excluding hydrogens is 472 g/mol. The quantitative estimate of drug-likeness (QED) is 0.242. The smallest absolute Gasteiger partial charge is 0 e. The molecule has 0 heterocycles. The summed E-state index contributed by atoms with van der Waals surface area (Å²) in [7, 11) is 0. The van der Waals surface area contributed by atoms with Gasteiger partial charge in [0.15, 0.2) is 0 Å². The zero-order valence-corrected chi connectivity index (χ0v) is 15.7. The average Bonchev–Trinajstić information content (AvgIpc) is 2.18. The van der Waals surface area contributed by atoms with Crippen LogP contribution in [0, 0.1) is 0 Å². The van der Waals surface area contributed by atoms with Crippen molar-refractivity contribution in [1.29, 1.82) is 0 Å². The Morgan fingerprint density at radius 3 is 0.773 bits per heavy atom. The van der Waals surface area contributed by atoms with Crippen LogP contribution in [0.5, 0.6) is 0 Å². The third-order valence-electron chi connectivity index (χ3n) is 0.803. The van der Waals surface area contributed by atoms with Crippen LogP contribution in [-0.4, -0.2) is 34.2 Å². The maximum Gasteiger partial charge on any atom is 0 e. The zero-order chi connectivity index (χ0) is 15.0. The van der Waals surface area contributed by atoms with Gasteiger partial charge in [-0.05, 0) is 18.9 Å². The number of allylic oxidation sites excluding steroid dienone is 6. The molecule has 0 aromatic carbocycles. The molecule has 0 fully saturated rings. The number of aliphatic hydroxyl groups is 3. The predicted molar refractivity (Wildman–Crippen MR) is 66.2 cm³/mol. The summed E-state index contributed by atoms with van der Waals surface area (Å²) in [5, 5.41) is 24.5. The van der Waals surface area contributed by atoms with E-state index in [0.29, 0.717) is 0 Å². The van der Waals surface area contributed by atoms with Crippen LogP contribution in [0.1, 0.15) is 20.8 Å². The number of hydrogen-bond acceptors (Lipinski definition) is 6. The number of rotatable bonds is 3. The molecule has 10 heteroatoms. The minimum absolute atomic E-state index is 0. The minimum atomic E-state index is -0.00926. The standard InChI is InChI=1S/3C4H5O2.Fe.3Ni/c3*1-4(6)2-3-5;;;;/h3*2,6H,1H3;;;;/q3*-1;;;;/b3*4-2-;;;;. The van der Waals surface area contributed by atoms with Crippen LogP contribution in [-0.2, 0) is 80.9 Å². The van der Waals surface area contributed by atoms with Gasteiger partial charge in [-0.25, -0.2) is 0 Å². The van der Waals surface area contributed by atoms with Gasteiger partial charge in [-0.1, -0.05) is 38.0 Å². The van der Waals surface area contributed by atoms with Crippen LogP contribution in [0.3, 0.4) is 0 Å². The fourth-order valence-corrected chi connectivity index (χ4v) is 0.256. The summed E-state index contributed by atoms with van der Waals surface area (Å²) in [4.78, 5) is 27.8. The molecule has 140 valence electrons. The van der Waals surface area contributed by atoms with Gasteiger partial charge in [-0.15, -0.1) is 0 Å². The first-order valence-corrected chi connectivity index (χ1v) is 4.52. The molecule has 0 atom stereocenters. The molecule has 0 rings (SSSR count). The van der Waals surface area contributed by atoms with E-state index in [-0.39, 0.29) is 83.8 Å². The van der Waals surface area contributed by atoms with E-state index in [9.17, 15) is 14.4 Å². The molecule has 0 radical (unpaired) electrons. The van der Waals surface area contributed by atoms with Gasteiger partial charge in [0, 0.05) is 66.5 Å². The Morgan fingerprint density at radius 1 is 0.636 bits per heavy atom. The summed E-state index contributed by atoms with van der Waals surface area (Å²) >= 11 is 0. The minimum Gasteiger partial charge on any atom is -0.597 e. The maximum absolute atomic E-state index is 9.25. The predicted octanol–water partition coefficient (Wildman–Crippen LogP) is 1.66. The van der Waals surface area contributed by atoms with E-state index >= 15 is 0 Å². The number of aliphatic hydroxyl groups excluding tert-OH is 3. The van der Waals surface area contributed by atoms with Crippen LogP contribution in [0.2, 0.25) is 0 Å². The summed E-state index contributed by atoms with van der Waals surface area (Å²) in [6, 6.07) is 0. The van der Waals surface area contributed by atoms with Crippen LogP contribution < -0.4 is 0 Å². The SMILES string of the molecule is C/C(O)=C/[C-]=O.C/C(O)=C/[C-]=O.C/C(O)=C/[C-]=O.[Fe].[Ni].[Ni].[Ni]. The van der Waals surface area contributed by atoms with E-state index in [4.69, 9.17) is 15.3 Å². The third kappa shape index (κ3) is 91.5. The third-order valence-corrected chi connectivity index (χ3v) is 0.803. The fourth-order valence-electron chi connectivity index (χ4n) is 0.256. The van der Waals surface area contributed by atoms with Crippen LogP contribution in [0.4, 0.5) is 0 Å². The van der Waals surface area contributed by atoms with Crippen LogP contribution in [0.15, 0.2) is 35.5 Å². The second kappa shape index (κ2) is 37.1. The normalized spacial score (nSPS) is 9.14. The van der Waals surface area contributed by atoms with Crippen molar-refractivity contribution in [2.75, 3.05) is 0 Å². The van der Waals surface area contributed by atoms with Crippen molar-refractivity contribution < 1.29 is 96.2 Å². The van der Waals surface area contributed by atoms with Crippen molar-refractivity contribution in [3.8, 4) is 0 Å². The molecule has 0 spiro atoms. The summed E-state index contributed by atoms with van der Waals surface area (Å²) in [5.41, 5.74) is 0. The summed E-state index contributed by atoms with van der Waals surface area (Å²) in [5.74, 6) is -0.0278. The first kappa shape index (κ1) is 43.0. The van der Waals surface area contributed by atoms with E-state index in [1.165, 1.54) is 39.6 Å². The first-order chi connectivity index (χ1) is 8.31. The molecule has 0 amide bonds. The molecule has 22 heavy (non-hydrogen) atoms. The first-order valence-electron chi connectivity index (χ1n) is 4.52. The molecule has 0 aliphatic carbocycles. The molecule has 0 aromatic rings. The topological polar surface area (TPSA) is 112 Å². The molecular formula is C12H15FeNi3O6-3. The Balaban J connectivity index is -0.0000000281. The Hall–Kier alpha value is -0.370. The van der Waals surface area contributed by atoms with Crippen molar-refractivity contribution >= 4 is 18.9 Å². The van der Waals surface area contributed by atoms with Gasteiger partial charge in [0.2, 0.25) is 0 Å². The fraction of sp³-hybridized carbons (Fsp3) is 0.250. The average molecular weight is 487 g/mol. The van der Waals surface area contributed by atoms with Crippen LogP contribution in [0.25, 0.3) is 0 Å². The van der Waals surface area contributed by atoms with E-state index in [1.54, 1.807) is 0 Å². The Bertz CT molecular complexity index is 279. The van der Waals surface area contributed by atoms with E-state index in [2.05, 4.69) is 0 Å². The Morgan fingerprint density at radius 2 is 0.773 bits per heavy atom. The van der Waals surface area contributed by atoms with Crippen molar-refractivity contribution in [2.45, 2.75) is 20.8 Å². The summed E-state index contributed by atoms with van der Waals surface area (Å²) in [6.45, 7) is 4.22. The largest absolute Gasteiger partial charge is 0.597 e. The number of carbonyl (C=O) groups excluding carboxylic acids is 3. The second-order valence-corrected chi connectivity index (χ2v) is 2.71. The van der Waals surface area contributed by atoms with Crippen molar-refractivity contribution in [3.63, 3.8) is 0 Å². The molecule has 6 nitrogen and oxygen atoms in total. The van der Waals surface area contributed by atoms with E-state index in [0.717, 1.165) is 18.2 Å². The molecule has 0 aromatic heterocycles. The van der Waals surface area contributed by atoms with Gasteiger partial charge in [0.25, 0.3) is 0 Å². The van der Waals surface area contributed by atoms with Crippen molar-refractivity contribution in [1.82, 2.24) is 0 Å². The van der Waals surface area contributed by atoms with Gasteiger partial charge in [0.1, 0.15) is 0 Å². The van der Waals surface area contributed by atoms with E-state index in [1.807, 2.05) is 0 Å². The monoisotopic (exact) mass is 485 g/mol. The van der Waals surface area contributed by atoms with Gasteiger partial charge in [-0.3, -0.25) is 0 Å². The number of hydrogen-bond donors (Lipinski definition) is 3. The molecule has 0 aliphatic heterocycles. The summed E-state index contributed by atoms with van der Waals surface area (Å²) < 4.78 is 0. The van der Waals surface area contributed by atoms with Gasteiger partial charge < -0.3 is 29.7 Å². The molecule has 0 aliphatic rings. The Kier molecular flexibility index (Phi) is 72.6. The zero-order valence-electron chi connectivity index (χ0n) is 11.6. The molecule has 0 bridgehead atoms.